The summed E-state index contributed by atoms with van der Waals surface area (Å²) >= 11 is 0. The summed E-state index contributed by atoms with van der Waals surface area (Å²) in [4.78, 5) is 25.3. The average molecular weight is 296 g/mol. The molecule has 1 aliphatic carbocycles. The van der Waals surface area contributed by atoms with E-state index < -0.39 is 0 Å². The van der Waals surface area contributed by atoms with Crippen LogP contribution in [-0.4, -0.2) is 29.8 Å². The van der Waals surface area contributed by atoms with Crippen LogP contribution in [0.4, 0.5) is 5.69 Å². The van der Waals surface area contributed by atoms with E-state index in [-0.39, 0.29) is 35.0 Å². The zero-order valence-corrected chi connectivity index (χ0v) is 11.8. The van der Waals surface area contributed by atoms with Crippen LogP contribution in [0.5, 0.6) is 5.75 Å². The first kappa shape index (κ1) is 14.3. The summed E-state index contributed by atoms with van der Waals surface area (Å²) < 4.78 is 0. The Morgan fingerprint density at radius 2 is 1.55 bits per heavy atom. The van der Waals surface area contributed by atoms with Crippen LogP contribution in [0.15, 0.2) is 36.4 Å². The maximum atomic E-state index is 12.7. The number of ketones is 2. The molecule has 0 aromatic heterocycles. The number of fused-ring (bicyclic) bond motifs is 2. The van der Waals surface area contributed by atoms with Gasteiger partial charge in [-0.25, -0.2) is 5.11 Å². The highest BCUT2D eigenvalue weighted by atomic mass is 16.3. The number of rotatable bonds is 4. The Morgan fingerprint density at radius 3 is 2.18 bits per heavy atom. The predicted octanol–water partition coefficient (Wildman–Crippen LogP) is 2.40. The molecule has 5 heteroatoms. The summed E-state index contributed by atoms with van der Waals surface area (Å²) in [5.74, 6) is -0.877. The lowest BCUT2D eigenvalue weighted by molar-refractivity contribution is 0.0977. The van der Waals surface area contributed by atoms with Crippen molar-refractivity contribution in [1.29, 1.82) is 0 Å². The summed E-state index contributed by atoms with van der Waals surface area (Å²) in [7, 11) is 0. The maximum Gasteiger partial charge on any atom is 0.198 e. The van der Waals surface area contributed by atoms with Crippen molar-refractivity contribution in [1.82, 2.24) is 0 Å². The van der Waals surface area contributed by atoms with E-state index in [2.05, 4.69) is 5.32 Å². The van der Waals surface area contributed by atoms with Crippen molar-refractivity contribution in [3.63, 3.8) is 0 Å². The summed E-state index contributed by atoms with van der Waals surface area (Å²) in [6, 6.07) is 9.50. The molecule has 111 valence electrons. The van der Waals surface area contributed by atoms with Gasteiger partial charge in [0.25, 0.3) is 0 Å². The lowest BCUT2D eigenvalue weighted by Crippen LogP contribution is -2.23. The molecule has 0 unspecified atom stereocenters. The van der Waals surface area contributed by atoms with E-state index in [9.17, 15) is 19.8 Å². The van der Waals surface area contributed by atoms with Gasteiger partial charge in [-0.05, 0) is 18.6 Å². The molecule has 0 amide bonds. The number of phenols is 1. The van der Waals surface area contributed by atoms with Gasteiger partial charge in [0.05, 0.1) is 17.7 Å². The summed E-state index contributed by atoms with van der Waals surface area (Å²) in [6.45, 7) is 0.187. The normalized spacial score (nSPS) is 12.8. The fourth-order valence-corrected chi connectivity index (χ4v) is 2.65. The van der Waals surface area contributed by atoms with Crippen LogP contribution < -0.4 is 5.32 Å². The van der Waals surface area contributed by atoms with Crippen LogP contribution in [0.25, 0.3) is 0 Å². The third-order valence-corrected chi connectivity index (χ3v) is 3.69. The lowest BCUT2D eigenvalue weighted by atomic mass is 9.82. The summed E-state index contributed by atoms with van der Waals surface area (Å²) in [6.07, 6.45) is 0.411. The standard InChI is InChI=1S/C17H14NO4/c19-9-3-8-18-12-6-7-13(20)15-14(12)16(21)10-4-1-2-5-11(10)17(15)22/h1-2,4-7,18,20H,3,8-9H2. The van der Waals surface area contributed by atoms with Gasteiger partial charge in [-0.1, -0.05) is 24.3 Å². The van der Waals surface area contributed by atoms with E-state index >= 15 is 0 Å². The van der Waals surface area contributed by atoms with Crippen molar-refractivity contribution in [2.24, 2.45) is 0 Å². The van der Waals surface area contributed by atoms with Crippen LogP contribution in [0.2, 0.25) is 0 Å². The molecule has 2 N–H and O–H groups in total. The maximum absolute atomic E-state index is 12.7. The van der Waals surface area contributed by atoms with Gasteiger partial charge in [-0.3, -0.25) is 9.59 Å². The number of benzene rings is 2. The van der Waals surface area contributed by atoms with Crippen molar-refractivity contribution in [2.75, 3.05) is 18.5 Å². The van der Waals surface area contributed by atoms with Crippen LogP contribution >= 0.6 is 0 Å². The van der Waals surface area contributed by atoms with Crippen LogP contribution in [-0.2, 0) is 5.11 Å². The van der Waals surface area contributed by atoms with Gasteiger partial charge in [0.15, 0.2) is 11.6 Å². The number of carbonyl (C=O) groups is 2. The highest BCUT2D eigenvalue weighted by molar-refractivity contribution is 6.31. The predicted molar refractivity (Wildman–Crippen MR) is 80.1 cm³/mol. The molecule has 1 aliphatic rings. The van der Waals surface area contributed by atoms with Gasteiger partial charge in [-0.15, -0.1) is 0 Å². The number of nitrogens with one attached hydrogen (secondary N) is 1. The molecule has 0 spiro atoms. The molecule has 2 aromatic rings. The quantitative estimate of drug-likeness (QED) is 0.572. The molecule has 0 saturated heterocycles. The monoisotopic (exact) mass is 296 g/mol. The van der Waals surface area contributed by atoms with Gasteiger partial charge in [0.1, 0.15) is 5.75 Å². The average Bonchev–Trinajstić information content (AvgIpc) is 2.54. The van der Waals surface area contributed by atoms with Gasteiger partial charge in [0.2, 0.25) is 0 Å². The Morgan fingerprint density at radius 1 is 0.909 bits per heavy atom. The molecular weight excluding hydrogens is 282 g/mol. The second kappa shape index (κ2) is 5.61. The first-order chi connectivity index (χ1) is 10.6. The first-order valence-electron chi connectivity index (χ1n) is 7.01. The van der Waals surface area contributed by atoms with E-state index in [1.165, 1.54) is 6.07 Å². The van der Waals surface area contributed by atoms with E-state index in [0.717, 1.165) is 0 Å². The Bertz CT molecular complexity index is 767. The molecule has 2 aromatic carbocycles. The van der Waals surface area contributed by atoms with Crippen LogP contribution in [0.1, 0.15) is 38.3 Å². The lowest BCUT2D eigenvalue weighted by Gasteiger charge is -2.21. The number of carbonyl (C=O) groups excluding carboxylic acids is 2. The minimum Gasteiger partial charge on any atom is -0.507 e. The molecule has 5 nitrogen and oxygen atoms in total. The second-order valence-corrected chi connectivity index (χ2v) is 5.07. The molecule has 3 rings (SSSR count). The largest absolute Gasteiger partial charge is 0.507 e. The highest BCUT2D eigenvalue weighted by Crippen LogP contribution is 2.36. The molecule has 0 atom stereocenters. The van der Waals surface area contributed by atoms with E-state index in [1.54, 1.807) is 30.3 Å². The number of hydrogen-bond donors (Lipinski definition) is 2. The van der Waals surface area contributed by atoms with Crippen molar-refractivity contribution in [2.45, 2.75) is 6.42 Å². The Kier molecular flexibility index (Phi) is 3.65. The minimum absolute atomic E-state index is 0.0239. The topological polar surface area (TPSA) is 86.3 Å². The Hall–Kier alpha value is -2.66. The fourth-order valence-electron chi connectivity index (χ4n) is 2.65. The molecule has 0 aliphatic heterocycles. The molecule has 0 saturated carbocycles. The van der Waals surface area contributed by atoms with Crippen LogP contribution in [0, 0.1) is 0 Å². The number of aromatic hydroxyl groups is 1. The van der Waals surface area contributed by atoms with Gasteiger partial charge in [0, 0.05) is 23.4 Å². The van der Waals surface area contributed by atoms with E-state index in [1.807, 2.05) is 0 Å². The van der Waals surface area contributed by atoms with Crippen molar-refractivity contribution in [3.8, 4) is 5.75 Å². The minimum atomic E-state index is -0.366. The zero-order chi connectivity index (χ0) is 15.7. The molecule has 22 heavy (non-hydrogen) atoms. The Labute approximate surface area is 127 Å². The second-order valence-electron chi connectivity index (χ2n) is 5.07. The van der Waals surface area contributed by atoms with Crippen molar-refractivity contribution in [3.05, 3.63) is 58.7 Å². The number of phenolic OH excluding ortho intramolecular Hbond substituents is 1. The molecule has 0 heterocycles. The first-order valence-corrected chi connectivity index (χ1v) is 7.01. The van der Waals surface area contributed by atoms with E-state index in [0.29, 0.717) is 29.8 Å². The third-order valence-electron chi connectivity index (χ3n) is 3.69. The zero-order valence-electron chi connectivity index (χ0n) is 11.8. The number of hydrogen-bond acceptors (Lipinski definition) is 4. The van der Waals surface area contributed by atoms with Crippen LogP contribution in [0.3, 0.4) is 0 Å². The van der Waals surface area contributed by atoms with Gasteiger partial charge < -0.3 is 10.4 Å². The van der Waals surface area contributed by atoms with Crippen molar-refractivity contribution < 1.29 is 19.8 Å². The molecule has 0 fully saturated rings. The Balaban J connectivity index is 2.14. The molecular formula is C17H14NO4. The summed E-state index contributed by atoms with van der Waals surface area (Å²) in [5.41, 5.74) is 1.30. The number of anilines is 1. The fraction of sp³-hybridized carbons (Fsp3) is 0.176. The summed E-state index contributed by atoms with van der Waals surface area (Å²) in [5, 5.41) is 23.6. The van der Waals surface area contributed by atoms with Gasteiger partial charge >= 0.3 is 0 Å². The van der Waals surface area contributed by atoms with E-state index in [4.69, 9.17) is 0 Å². The van der Waals surface area contributed by atoms with Gasteiger partial charge in [-0.2, -0.15) is 0 Å². The SMILES string of the molecule is [O]CCCNc1ccc(O)c2c1C(=O)c1ccccc1C2=O. The third kappa shape index (κ3) is 2.16. The van der Waals surface area contributed by atoms with Crippen molar-refractivity contribution >= 4 is 17.3 Å². The highest BCUT2D eigenvalue weighted by Gasteiger charge is 2.33. The molecule has 0 bridgehead atoms. The smallest absolute Gasteiger partial charge is 0.198 e. The molecule has 1 radical (unpaired) electrons.